The molecule has 0 aromatic heterocycles. The van der Waals surface area contributed by atoms with Gasteiger partial charge in [0.2, 0.25) is 0 Å². The average molecular weight is 190 g/mol. The molecule has 0 fully saturated rings. The Morgan fingerprint density at radius 3 is 2.86 bits per heavy atom. The number of hydrogen-bond acceptors (Lipinski definition) is 2. The van der Waals surface area contributed by atoms with Crippen molar-refractivity contribution in [3.05, 3.63) is 34.9 Å². The molecular weight excluding hydrogens is 176 g/mol. The lowest BCUT2D eigenvalue weighted by molar-refractivity contribution is 0.0963. The zero-order valence-electron chi connectivity index (χ0n) is 8.21. The summed E-state index contributed by atoms with van der Waals surface area (Å²) in [6.07, 6.45) is 1.82. The van der Waals surface area contributed by atoms with Crippen molar-refractivity contribution in [1.82, 2.24) is 5.32 Å². The molecule has 74 valence electrons. The molecule has 0 bridgehead atoms. The van der Waals surface area contributed by atoms with E-state index in [-0.39, 0.29) is 11.9 Å². The molecule has 14 heavy (non-hydrogen) atoms. The van der Waals surface area contributed by atoms with E-state index in [0.717, 1.165) is 18.4 Å². The minimum atomic E-state index is -0.0340. The van der Waals surface area contributed by atoms with E-state index in [4.69, 9.17) is 5.73 Å². The Labute approximate surface area is 83.3 Å². The number of carbonyl (C=O) groups is 1. The van der Waals surface area contributed by atoms with Crippen LogP contribution in [0.5, 0.6) is 0 Å². The fraction of sp³-hybridized carbons (Fsp3) is 0.364. The van der Waals surface area contributed by atoms with Gasteiger partial charge in [0.05, 0.1) is 0 Å². The first-order chi connectivity index (χ1) is 6.70. The summed E-state index contributed by atoms with van der Waals surface area (Å²) < 4.78 is 0. The van der Waals surface area contributed by atoms with Crippen molar-refractivity contribution in [3.8, 4) is 0 Å². The number of hydrogen-bond donors (Lipinski definition) is 2. The normalized spacial score (nSPS) is 19.1. The van der Waals surface area contributed by atoms with Gasteiger partial charge in [0, 0.05) is 18.7 Å². The molecule has 0 spiro atoms. The number of amides is 1. The minimum absolute atomic E-state index is 0.0340. The second-order valence-corrected chi connectivity index (χ2v) is 3.73. The average Bonchev–Trinajstić information content (AvgIpc) is 2.55. The SMILES string of the molecule is CNC(=O)c1ccc2c(c1)CC(N)C2. The van der Waals surface area contributed by atoms with Gasteiger partial charge in [-0.1, -0.05) is 6.07 Å². The largest absolute Gasteiger partial charge is 0.355 e. The summed E-state index contributed by atoms with van der Waals surface area (Å²) in [5.74, 6) is -0.0340. The number of rotatable bonds is 1. The monoisotopic (exact) mass is 190 g/mol. The highest BCUT2D eigenvalue weighted by Gasteiger charge is 2.18. The van der Waals surface area contributed by atoms with E-state index in [0.29, 0.717) is 0 Å². The molecular formula is C11H14N2O. The molecule has 3 heteroatoms. The lowest BCUT2D eigenvalue weighted by Crippen LogP contribution is -2.19. The van der Waals surface area contributed by atoms with Gasteiger partial charge in [-0.25, -0.2) is 0 Å². The van der Waals surface area contributed by atoms with Crippen LogP contribution < -0.4 is 11.1 Å². The van der Waals surface area contributed by atoms with E-state index >= 15 is 0 Å². The molecule has 0 radical (unpaired) electrons. The fourth-order valence-electron chi connectivity index (χ4n) is 1.94. The van der Waals surface area contributed by atoms with Gasteiger partial charge in [0.25, 0.3) is 5.91 Å². The number of benzene rings is 1. The Morgan fingerprint density at radius 2 is 2.14 bits per heavy atom. The first-order valence-corrected chi connectivity index (χ1v) is 4.80. The quantitative estimate of drug-likeness (QED) is 0.676. The molecule has 1 aliphatic carbocycles. The van der Waals surface area contributed by atoms with Crippen molar-refractivity contribution in [3.63, 3.8) is 0 Å². The van der Waals surface area contributed by atoms with Crippen LogP contribution >= 0.6 is 0 Å². The first-order valence-electron chi connectivity index (χ1n) is 4.80. The molecule has 0 heterocycles. The van der Waals surface area contributed by atoms with Crippen molar-refractivity contribution in [2.75, 3.05) is 7.05 Å². The van der Waals surface area contributed by atoms with E-state index in [1.165, 1.54) is 11.1 Å². The van der Waals surface area contributed by atoms with E-state index < -0.39 is 0 Å². The topological polar surface area (TPSA) is 55.1 Å². The second kappa shape index (κ2) is 3.42. The van der Waals surface area contributed by atoms with Gasteiger partial charge in [-0.3, -0.25) is 4.79 Å². The van der Waals surface area contributed by atoms with E-state index in [1.54, 1.807) is 7.05 Å². The van der Waals surface area contributed by atoms with Gasteiger partial charge in [0.1, 0.15) is 0 Å². The third-order valence-electron chi connectivity index (χ3n) is 2.66. The van der Waals surface area contributed by atoms with Crippen LogP contribution in [-0.4, -0.2) is 19.0 Å². The number of carbonyl (C=O) groups excluding carboxylic acids is 1. The molecule has 1 atom stereocenters. The van der Waals surface area contributed by atoms with Gasteiger partial charge < -0.3 is 11.1 Å². The maximum atomic E-state index is 11.4. The molecule has 0 saturated heterocycles. The van der Waals surface area contributed by atoms with E-state index in [1.807, 2.05) is 18.2 Å². The molecule has 1 aliphatic rings. The van der Waals surface area contributed by atoms with Crippen molar-refractivity contribution in [2.45, 2.75) is 18.9 Å². The van der Waals surface area contributed by atoms with Gasteiger partial charge in [-0.05, 0) is 36.1 Å². The van der Waals surface area contributed by atoms with Gasteiger partial charge >= 0.3 is 0 Å². The van der Waals surface area contributed by atoms with Gasteiger partial charge in [0.15, 0.2) is 0 Å². The predicted molar refractivity (Wildman–Crippen MR) is 55.2 cm³/mol. The van der Waals surface area contributed by atoms with E-state index in [9.17, 15) is 4.79 Å². The minimum Gasteiger partial charge on any atom is -0.355 e. The number of nitrogens with two attached hydrogens (primary N) is 1. The maximum absolute atomic E-state index is 11.4. The van der Waals surface area contributed by atoms with Crippen molar-refractivity contribution < 1.29 is 4.79 Å². The van der Waals surface area contributed by atoms with Gasteiger partial charge in [-0.2, -0.15) is 0 Å². The Hall–Kier alpha value is -1.35. The second-order valence-electron chi connectivity index (χ2n) is 3.73. The summed E-state index contributed by atoms with van der Waals surface area (Å²) >= 11 is 0. The zero-order chi connectivity index (χ0) is 10.1. The predicted octanol–water partition coefficient (Wildman–Crippen LogP) is 0.472. The lowest BCUT2D eigenvalue weighted by atomic mass is 10.1. The van der Waals surface area contributed by atoms with Crippen LogP contribution in [0.1, 0.15) is 21.5 Å². The smallest absolute Gasteiger partial charge is 0.251 e. The lowest BCUT2D eigenvalue weighted by Gasteiger charge is -2.02. The first kappa shape index (κ1) is 9.21. The van der Waals surface area contributed by atoms with E-state index in [2.05, 4.69) is 5.32 Å². The van der Waals surface area contributed by atoms with Gasteiger partial charge in [-0.15, -0.1) is 0 Å². The van der Waals surface area contributed by atoms with Crippen LogP contribution in [0.4, 0.5) is 0 Å². The van der Waals surface area contributed by atoms with Crippen LogP contribution in [0.3, 0.4) is 0 Å². The zero-order valence-corrected chi connectivity index (χ0v) is 8.21. The van der Waals surface area contributed by atoms with Crippen molar-refractivity contribution in [2.24, 2.45) is 5.73 Å². The Bertz CT molecular complexity index is 374. The summed E-state index contributed by atoms with van der Waals surface area (Å²) in [5.41, 5.74) is 9.07. The number of nitrogens with one attached hydrogen (secondary N) is 1. The summed E-state index contributed by atoms with van der Waals surface area (Å²) in [6.45, 7) is 0. The third-order valence-corrected chi connectivity index (χ3v) is 2.66. The summed E-state index contributed by atoms with van der Waals surface area (Å²) in [5, 5.41) is 2.61. The molecule has 2 rings (SSSR count). The number of fused-ring (bicyclic) bond motifs is 1. The molecule has 1 aromatic carbocycles. The molecule has 0 aliphatic heterocycles. The summed E-state index contributed by atoms with van der Waals surface area (Å²) in [4.78, 5) is 11.4. The summed E-state index contributed by atoms with van der Waals surface area (Å²) in [6, 6.07) is 6.04. The molecule has 1 aromatic rings. The van der Waals surface area contributed by atoms with Crippen LogP contribution in [0.15, 0.2) is 18.2 Å². The summed E-state index contributed by atoms with van der Waals surface area (Å²) in [7, 11) is 1.64. The molecule has 1 unspecified atom stereocenters. The van der Waals surface area contributed by atoms with Crippen molar-refractivity contribution in [1.29, 1.82) is 0 Å². The van der Waals surface area contributed by atoms with Crippen LogP contribution in [0.25, 0.3) is 0 Å². The Kier molecular flexibility index (Phi) is 2.25. The molecule has 3 N–H and O–H groups in total. The molecule has 0 saturated carbocycles. The molecule has 1 amide bonds. The highest BCUT2D eigenvalue weighted by Crippen LogP contribution is 2.22. The van der Waals surface area contributed by atoms with Crippen molar-refractivity contribution >= 4 is 5.91 Å². The van der Waals surface area contributed by atoms with Crippen LogP contribution in [0.2, 0.25) is 0 Å². The highest BCUT2D eigenvalue weighted by molar-refractivity contribution is 5.94. The van der Waals surface area contributed by atoms with Crippen LogP contribution in [0, 0.1) is 0 Å². The Balaban J connectivity index is 2.33. The maximum Gasteiger partial charge on any atom is 0.251 e. The van der Waals surface area contributed by atoms with Crippen LogP contribution in [-0.2, 0) is 12.8 Å². The fourth-order valence-corrected chi connectivity index (χ4v) is 1.94. The third kappa shape index (κ3) is 1.51. The molecule has 3 nitrogen and oxygen atoms in total. The standard InChI is InChI=1S/C11H14N2O/c1-13-11(14)8-3-2-7-5-10(12)6-9(7)4-8/h2-4,10H,5-6,12H2,1H3,(H,13,14). The Morgan fingerprint density at radius 1 is 1.43 bits per heavy atom. The highest BCUT2D eigenvalue weighted by atomic mass is 16.1.